The Hall–Kier alpha value is -3.82. The third-order valence-corrected chi connectivity index (χ3v) is 7.98. The van der Waals surface area contributed by atoms with Crippen molar-refractivity contribution in [3.8, 4) is 6.07 Å². The number of benzene rings is 3. The third kappa shape index (κ3) is 5.63. The molecule has 5 nitrogen and oxygen atoms in total. The lowest BCUT2D eigenvalue weighted by molar-refractivity contribution is -0.117. The van der Waals surface area contributed by atoms with E-state index >= 15 is 0 Å². The molecule has 1 N–H and O–H groups in total. The number of nitrogens with one attached hydrogen (secondary N) is 1. The second-order valence-corrected chi connectivity index (χ2v) is 10.9. The van der Waals surface area contributed by atoms with Crippen molar-refractivity contribution in [3.05, 3.63) is 105 Å². The SMILES string of the molecule is Cc1ccc(N2C(=O)C(Cc3ccc(C(C)C)cc3)S/C2=C(/C#N)C(=O)Nc2ccccc2C)cc1C. The smallest absolute Gasteiger partial charge is 0.269 e. The number of rotatable bonds is 6. The Labute approximate surface area is 223 Å². The fraction of sp³-hybridized carbons (Fsp3) is 0.258. The normalized spacial score (nSPS) is 16.6. The monoisotopic (exact) mass is 509 g/mol. The summed E-state index contributed by atoms with van der Waals surface area (Å²) < 4.78 is 0. The number of thioether (sulfide) groups is 1. The fourth-order valence-electron chi connectivity index (χ4n) is 4.24. The van der Waals surface area contributed by atoms with Crippen molar-refractivity contribution >= 4 is 35.0 Å². The van der Waals surface area contributed by atoms with Crippen LogP contribution in [0.2, 0.25) is 0 Å². The van der Waals surface area contributed by atoms with Crippen LogP contribution < -0.4 is 10.2 Å². The molecule has 3 aromatic rings. The molecule has 1 aliphatic rings. The Morgan fingerprint density at radius 1 is 1.00 bits per heavy atom. The molecule has 37 heavy (non-hydrogen) atoms. The summed E-state index contributed by atoms with van der Waals surface area (Å²) in [7, 11) is 0. The first-order valence-corrected chi connectivity index (χ1v) is 13.3. The van der Waals surface area contributed by atoms with Gasteiger partial charge in [0.2, 0.25) is 5.91 Å². The summed E-state index contributed by atoms with van der Waals surface area (Å²) in [5, 5.41) is 12.9. The first-order valence-electron chi connectivity index (χ1n) is 12.4. The zero-order chi connectivity index (χ0) is 26.7. The summed E-state index contributed by atoms with van der Waals surface area (Å²) in [6.45, 7) is 10.2. The lowest BCUT2D eigenvalue weighted by Gasteiger charge is -2.20. The molecule has 0 aromatic heterocycles. The standard InChI is InChI=1S/C31H31N3O2S/c1-19(2)24-13-11-23(12-14-24)17-28-30(36)34(25-15-10-20(3)22(5)16-25)31(37-28)26(18-32)29(35)33-27-9-7-6-8-21(27)4/h6-16,19,28H,17H2,1-5H3,(H,33,35)/b31-26-. The second kappa shape index (κ2) is 11.1. The van der Waals surface area contributed by atoms with E-state index in [0.717, 1.165) is 22.3 Å². The quantitative estimate of drug-likeness (QED) is 0.293. The van der Waals surface area contributed by atoms with Crippen LogP contribution in [0.4, 0.5) is 11.4 Å². The lowest BCUT2D eigenvalue weighted by Crippen LogP contribution is -2.31. The van der Waals surface area contributed by atoms with E-state index in [1.54, 1.807) is 11.0 Å². The third-order valence-electron chi connectivity index (χ3n) is 6.71. The van der Waals surface area contributed by atoms with Gasteiger partial charge in [0, 0.05) is 11.4 Å². The molecule has 3 aromatic carbocycles. The van der Waals surface area contributed by atoms with Gasteiger partial charge in [-0.2, -0.15) is 5.26 Å². The average molecular weight is 510 g/mol. The molecule has 1 saturated heterocycles. The minimum atomic E-state index is -0.525. The van der Waals surface area contributed by atoms with Gasteiger partial charge in [-0.1, -0.05) is 74.1 Å². The van der Waals surface area contributed by atoms with Crippen LogP contribution in [0.1, 0.15) is 47.6 Å². The highest BCUT2D eigenvalue weighted by atomic mass is 32.2. The van der Waals surface area contributed by atoms with Crippen molar-refractivity contribution in [2.45, 2.75) is 52.2 Å². The molecule has 2 amide bonds. The average Bonchev–Trinajstić information content (AvgIpc) is 3.18. The van der Waals surface area contributed by atoms with Gasteiger partial charge >= 0.3 is 0 Å². The number of hydrogen-bond donors (Lipinski definition) is 1. The number of aryl methyl sites for hydroxylation is 3. The van der Waals surface area contributed by atoms with Crippen LogP contribution in [-0.2, 0) is 16.0 Å². The molecule has 1 atom stereocenters. The van der Waals surface area contributed by atoms with Crippen LogP contribution in [0.5, 0.6) is 0 Å². The molecule has 188 valence electrons. The van der Waals surface area contributed by atoms with Crippen molar-refractivity contribution in [1.82, 2.24) is 0 Å². The van der Waals surface area contributed by atoms with Gasteiger partial charge in [0.15, 0.2) is 0 Å². The summed E-state index contributed by atoms with van der Waals surface area (Å²) in [5.74, 6) is -0.230. The van der Waals surface area contributed by atoms with Gasteiger partial charge in [0.05, 0.1) is 5.25 Å². The molecular weight excluding hydrogens is 478 g/mol. The Morgan fingerprint density at radius 3 is 2.32 bits per heavy atom. The van der Waals surface area contributed by atoms with E-state index in [4.69, 9.17) is 0 Å². The predicted molar refractivity (Wildman–Crippen MR) is 151 cm³/mol. The molecule has 1 fully saturated rings. The lowest BCUT2D eigenvalue weighted by atomic mass is 10.00. The van der Waals surface area contributed by atoms with Gasteiger partial charge in [-0.3, -0.25) is 14.5 Å². The van der Waals surface area contributed by atoms with Gasteiger partial charge in [-0.15, -0.1) is 0 Å². The number of carbonyl (C=O) groups excluding carboxylic acids is 2. The number of amides is 2. The minimum absolute atomic E-state index is 0.0718. The van der Waals surface area contributed by atoms with Crippen LogP contribution in [0.3, 0.4) is 0 Å². The van der Waals surface area contributed by atoms with Crippen molar-refractivity contribution in [2.24, 2.45) is 0 Å². The molecule has 0 saturated carbocycles. The molecular formula is C31H31N3O2S. The predicted octanol–water partition coefficient (Wildman–Crippen LogP) is 6.80. The first-order chi connectivity index (χ1) is 17.7. The summed E-state index contributed by atoms with van der Waals surface area (Å²) in [6.07, 6.45) is 0.505. The van der Waals surface area contributed by atoms with Crippen LogP contribution in [0, 0.1) is 32.1 Å². The molecule has 4 rings (SSSR count). The van der Waals surface area contributed by atoms with E-state index < -0.39 is 11.2 Å². The summed E-state index contributed by atoms with van der Waals surface area (Å²) in [5.41, 5.74) is 6.53. The van der Waals surface area contributed by atoms with E-state index in [-0.39, 0.29) is 11.5 Å². The zero-order valence-corrected chi connectivity index (χ0v) is 22.6. The zero-order valence-electron chi connectivity index (χ0n) is 21.8. The number of nitrogens with zero attached hydrogens (tertiary/aromatic N) is 2. The fourth-order valence-corrected chi connectivity index (χ4v) is 5.55. The van der Waals surface area contributed by atoms with Gasteiger partial charge in [0.1, 0.15) is 16.7 Å². The van der Waals surface area contributed by atoms with Gasteiger partial charge < -0.3 is 5.32 Å². The first kappa shape index (κ1) is 26.2. The van der Waals surface area contributed by atoms with Crippen molar-refractivity contribution < 1.29 is 9.59 Å². The Morgan fingerprint density at radius 2 is 1.70 bits per heavy atom. The highest BCUT2D eigenvalue weighted by Crippen LogP contribution is 2.42. The maximum absolute atomic E-state index is 13.8. The number of hydrogen-bond acceptors (Lipinski definition) is 4. The molecule has 0 radical (unpaired) electrons. The molecule has 0 spiro atoms. The molecule has 1 heterocycles. The molecule has 0 bridgehead atoms. The van der Waals surface area contributed by atoms with Gasteiger partial charge in [0.25, 0.3) is 5.91 Å². The topological polar surface area (TPSA) is 73.2 Å². The Balaban J connectivity index is 1.73. The van der Waals surface area contributed by atoms with Crippen LogP contribution in [0.15, 0.2) is 77.3 Å². The van der Waals surface area contributed by atoms with Gasteiger partial charge in [-0.05, 0) is 79.1 Å². The summed E-state index contributed by atoms with van der Waals surface area (Å²) in [6, 6.07) is 23.6. The van der Waals surface area contributed by atoms with E-state index in [2.05, 4.69) is 49.5 Å². The molecule has 1 unspecified atom stereocenters. The largest absolute Gasteiger partial charge is 0.321 e. The Bertz CT molecular complexity index is 1420. The van der Waals surface area contributed by atoms with Gasteiger partial charge in [-0.25, -0.2) is 0 Å². The maximum Gasteiger partial charge on any atom is 0.269 e. The van der Waals surface area contributed by atoms with Crippen molar-refractivity contribution in [2.75, 3.05) is 10.2 Å². The Kier molecular flexibility index (Phi) is 7.85. The number of carbonyl (C=O) groups is 2. The molecule has 6 heteroatoms. The highest BCUT2D eigenvalue weighted by molar-refractivity contribution is 8.05. The number of nitriles is 1. The number of para-hydroxylation sites is 1. The van der Waals surface area contributed by atoms with Crippen LogP contribution in [0.25, 0.3) is 0 Å². The van der Waals surface area contributed by atoms with E-state index in [1.165, 1.54) is 17.3 Å². The van der Waals surface area contributed by atoms with E-state index in [1.807, 2.05) is 57.2 Å². The van der Waals surface area contributed by atoms with E-state index in [0.29, 0.717) is 28.7 Å². The summed E-state index contributed by atoms with van der Waals surface area (Å²) >= 11 is 1.29. The van der Waals surface area contributed by atoms with Crippen molar-refractivity contribution in [1.29, 1.82) is 5.26 Å². The number of anilines is 2. The molecule has 1 aliphatic heterocycles. The van der Waals surface area contributed by atoms with Crippen LogP contribution in [-0.4, -0.2) is 17.1 Å². The van der Waals surface area contributed by atoms with E-state index in [9.17, 15) is 14.9 Å². The second-order valence-electron chi connectivity index (χ2n) is 9.71. The van der Waals surface area contributed by atoms with Crippen LogP contribution >= 0.6 is 11.8 Å². The maximum atomic E-state index is 13.8. The minimum Gasteiger partial charge on any atom is -0.321 e. The highest BCUT2D eigenvalue weighted by Gasteiger charge is 2.41. The molecule has 0 aliphatic carbocycles. The van der Waals surface area contributed by atoms with Crippen molar-refractivity contribution in [3.63, 3.8) is 0 Å². The summed E-state index contributed by atoms with van der Waals surface area (Å²) in [4.78, 5) is 28.6.